The lowest BCUT2D eigenvalue weighted by molar-refractivity contribution is -0.137. The van der Waals surface area contributed by atoms with E-state index in [4.69, 9.17) is 4.74 Å². The van der Waals surface area contributed by atoms with Crippen LogP contribution in [-0.4, -0.2) is 47.7 Å². The van der Waals surface area contributed by atoms with Crippen molar-refractivity contribution in [3.8, 4) is 0 Å². The second-order valence-corrected chi connectivity index (χ2v) is 7.39. The number of methoxy groups -OCH3 is 1. The molecule has 2 N–H and O–H groups in total. The summed E-state index contributed by atoms with van der Waals surface area (Å²) in [6.45, 7) is -0.674. The minimum Gasteiger partial charge on any atom is -0.383 e. The summed E-state index contributed by atoms with van der Waals surface area (Å²) in [6.07, 6.45) is -2.35. The van der Waals surface area contributed by atoms with Crippen LogP contribution in [0.15, 0.2) is 24.4 Å². The molecule has 0 spiro atoms. The molecule has 2 unspecified atom stereocenters. The molecule has 31 heavy (non-hydrogen) atoms. The van der Waals surface area contributed by atoms with Crippen LogP contribution in [0.1, 0.15) is 41.6 Å². The summed E-state index contributed by atoms with van der Waals surface area (Å²) < 4.78 is 57.6. The van der Waals surface area contributed by atoms with Gasteiger partial charge in [-0.2, -0.15) is 18.2 Å². The van der Waals surface area contributed by atoms with Gasteiger partial charge in [-0.1, -0.05) is 6.07 Å². The topological polar surface area (TPSA) is 79.4 Å². The van der Waals surface area contributed by atoms with Crippen LogP contribution in [0.5, 0.6) is 0 Å². The molecule has 2 bridgehead atoms. The number of alkyl halides is 4. The van der Waals surface area contributed by atoms with Crippen LogP contribution in [-0.2, 0) is 15.7 Å². The summed E-state index contributed by atoms with van der Waals surface area (Å²) in [5, 5.41) is 5.54. The lowest BCUT2D eigenvalue weighted by Crippen LogP contribution is -2.29. The van der Waals surface area contributed by atoms with Crippen molar-refractivity contribution < 1.29 is 27.1 Å². The van der Waals surface area contributed by atoms with E-state index >= 15 is 0 Å². The smallest absolute Gasteiger partial charge is 0.383 e. The first-order chi connectivity index (χ1) is 14.8. The van der Waals surface area contributed by atoms with Gasteiger partial charge < -0.3 is 20.3 Å². The van der Waals surface area contributed by atoms with Crippen molar-refractivity contribution in [1.29, 1.82) is 0 Å². The van der Waals surface area contributed by atoms with Crippen molar-refractivity contribution in [2.75, 3.05) is 37.6 Å². The lowest BCUT2D eigenvalue weighted by Gasteiger charge is -2.20. The third-order valence-corrected chi connectivity index (χ3v) is 5.54. The Morgan fingerprint density at radius 3 is 2.68 bits per heavy atom. The van der Waals surface area contributed by atoms with Gasteiger partial charge in [0.2, 0.25) is 5.95 Å². The van der Waals surface area contributed by atoms with Crippen LogP contribution >= 0.6 is 0 Å². The van der Waals surface area contributed by atoms with E-state index in [0.717, 1.165) is 30.2 Å². The van der Waals surface area contributed by atoms with E-state index in [9.17, 15) is 22.4 Å². The Morgan fingerprint density at radius 1 is 1.26 bits per heavy atom. The number of rotatable bonds is 7. The highest BCUT2D eigenvalue weighted by Gasteiger charge is 2.46. The molecule has 2 aromatic rings. The standard InChI is InChI=1S/C20H21F4N5O2/c1-31-7-6-25-18-14(20(22,23)24)10-26-19(28-18)27-11-2-3-12-13(8-11)16-5-4-15(12)29(16)17(30)9-21/h2-3,8,10,15-16H,4-7,9H2,1H3,(H2,25,26,27,28). The molecule has 2 aliphatic rings. The van der Waals surface area contributed by atoms with Crippen LogP contribution in [0.3, 0.4) is 0 Å². The number of benzene rings is 1. The van der Waals surface area contributed by atoms with Gasteiger partial charge in [0.1, 0.15) is 11.4 Å². The number of hydrogen-bond acceptors (Lipinski definition) is 6. The SMILES string of the molecule is COCCNc1nc(Nc2ccc3c(c2)C2CCC3N2C(=O)CF)ncc1C(F)(F)F. The third-order valence-electron chi connectivity index (χ3n) is 5.54. The largest absolute Gasteiger partial charge is 0.421 e. The molecule has 0 aliphatic carbocycles. The maximum atomic E-state index is 13.3. The molecule has 0 radical (unpaired) electrons. The monoisotopic (exact) mass is 439 g/mol. The van der Waals surface area contributed by atoms with Gasteiger partial charge in [0.25, 0.3) is 5.91 Å². The van der Waals surface area contributed by atoms with E-state index in [2.05, 4.69) is 20.6 Å². The molecule has 1 saturated heterocycles. The van der Waals surface area contributed by atoms with Gasteiger partial charge in [-0.3, -0.25) is 4.79 Å². The average molecular weight is 439 g/mol. The fourth-order valence-electron chi connectivity index (χ4n) is 4.27. The molecule has 11 heteroatoms. The van der Waals surface area contributed by atoms with Gasteiger partial charge in [0.15, 0.2) is 6.67 Å². The predicted octanol–water partition coefficient (Wildman–Crippen LogP) is 3.99. The molecule has 166 valence electrons. The first-order valence-corrected chi connectivity index (χ1v) is 9.78. The molecule has 4 rings (SSSR count). The van der Waals surface area contributed by atoms with Gasteiger partial charge in [-0.05, 0) is 36.1 Å². The molecule has 1 amide bonds. The Balaban J connectivity index is 1.58. The molecule has 1 aromatic carbocycles. The minimum absolute atomic E-state index is 0.00675. The number of carbonyl (C=O) groups excluding carboxylic acids is 1. The Hall–Kier alpha value is -2.95. The number of ether oxygens (including phenoxy) is 1. The van der Waals surface area contributed by atoms with E-state index < -0.39 is 24.3 Å². The lowest BCUT2D eigenvalue weighted by atomic mass is 9.91. The zero-order valence-corrected chi connectivity index (χ0v) is 16.7. The Bertz CT molecular complexity index is 985. The maximum Gasteiger partial charge on any atom is 0.421 e. The van der Waals surface area contributed by atoms with E-state index in [1.165, 1.54) is 7.11 Å². The zero-order valence-electron chi connectivity index (χ0n) is 16.7. The average Bonchev–Trinajstić information content (AvgIpc) is 3.30. The molecule has 0 saturated carbocycles. The predicted molar refractivity (Wildman–Crippen MR) is 105 cm³/mol. The fraction of sp³-hybridized carbons (Fsp3) is 0.450. The van der Waals surface area contributed by atoms with Crippen LogP contribution in [0.2, 0.25) is 0 Å². The van der Waals surface area contributed by atoms with Crippen LogP contribution in [0, 0.1) is 0 Å². The number of anilines is 3. The van der Waals surface area contributed by atoms with Gasteiger partial charge in [-0.15, -0.1) is 0 Å². The number of nitrogens with zero attached hydrogens (tertiary/aromatic N) is 3. The molecule has 7 nitrogen and oxygen atoms in total. The summed E-state index contributed by atoms with van der Waals surface area (Å²) in [5.74, 6) is -0.884. The van der Waals surface area contributed by atoms with E-state index in [0.29, 0.717) is 5.69 Å². The Morgan fingerprint density at radius 2 is 2.00 bits per heavy atom. The number of halogens is 4. The Labute approximate surface area is 175 Å². The molecular weight excluding hydrogens is 418 g/mol. The molecule has 1 fully saturated rings. The zero-order chi connectivity index (χ0) is 22.2. The first-order valence-electron chi connectivity index (χ1n) is 9.78. The number of fused-ring (bicyclic) bond motifs is 5. The molecule has 3 heterocycles. The number of amides is 1. The highest BCUT2D eigenvalue weighted by molar-refractivity contribution is 5.80. The normalized spacial score (nSPS) is 19.5. The highest BCUT2D eigenvalue weighted by atomic mass is 19.4. The van der Waals surface area contributed by atoms with Gasteiger partial charge in [-0.25, -0.2) is 9.37 Å². The van der Waals surface area contributed by atoms with Crippen molar-refractivity contribution in [3.63, 3.8) is 0 Å². The summed E-state index contributed by atoms with van der Waals surface area (Å²) >= 11 is 0. The van der Waals surface area contributed by atoms with Gasteiger partial charge >= 0.3 is 6.18 Å². The van der Waals surface area contributed by atoms with Crippen LogP contribution < -0.4 is 10.6 Å². The number of nitrogens with one attached hydrogen (secondary N) is 2. The second-order valence-electron chi connectivity index (χ2n) is 7.39. The van der Waals surface area contributed by atoms with Crippen molar-refractivity contribution in [3.05, 3.63) is 41.1 Å². The van der Waals surface area contributed by atoms with Crippen molar-refractivity contribution in [1.82, 2.24) is 14.9 Å². The summed E-state index contributed by atoms with van der Waals surface area (Å²) in [6, 6.07) is 5.09. The molecule has 2 atom stereocenters. The number of carbonyl (C=O) groups is 1. The quantitative estimate of drug-likeness (QED) is 0.502. The molecule has 2 aliphatic heterocycles. The van der Waals surface area contributed by atoms with Crippen molar-refractivity contribution in [2.24, 2.45) is 0 Å². The van der Waals surface area contributed by atoms with E-state index in [-0.39, 0.29) is 37.0 Å². The van der Waals surface area contributed by atoms with E-state index in [1.54, 1.807) is 11.0 Å². The van der Waals surface area contributed by atoms with Crippen LogP contribution in [0.25, 0.3) is 0 Å². The fourth-order valence-corrected chi connectivity index (χ4v) is 4.27. The summed E-state index contributed by atoms with van der Waals surface area (Å²) in [5.41, 5.74) is 1.48. The van der Waals surface area contributed by atoms with Crippen LogP contribution in [0.4, 0.5) is 35.0 Å². The number of hydrogen-bond donors (Lipinski definition) is 2. The number of aromatic nitrogens is 2. The van der Waals surface area contributed by atoms with Crippen molar-refractivity contribution in [2.45, 2.75) is 31.1 Å². The molecule has 1 aromatic heterocycles. The second kappa shape index (κ2) is 8.29. The van der Waals surface area contributed by atoms with Gasteiger partial charge in [0.05, 0.1) is 18.7 Å². The highest BCUT2D eigenvalue weighted by Crippen LogP contribution is 2.53. The third kappa shape index (κ3) is 4.01. The summed E-state index contributed by atoms with van der Waals surface area (Å²) in [7, 11) is 1.45. The maximum absolute atomic E-state index is 13.3. The van der Waals surface area contributed by atoms with Crippen molar-refractivity contribution >= 4 is 23.4 Å². The van der Waals surface area contributed by atoms with E-state index in [1.807, 2.05) is 12.1 Å². The Kier molecular flexibility index (Phi) is 5.69. The summed E-state index contributed by atoms with van der Waals surface area (Å²) in [4.78, 5) is 21.4. The molecular formula is C20H21F4N5O2. The first kappa shape index (κ1) is 21.3. The van der Waals surface area contributed by atoms with Gasteiger partial charge in [0, 0.05) is 25.5 Å². The minimum atomic E-state index is -4.60.